The lowest BCUT2D eigenvalue weighted by Gasteiger charge is -2.20. The molecule has 1 aromatic heterocycles. The van der Waals surface area contributed by atoms with Crippen LogP contribution in [-0.4, -0.2) is 24.1 Å². The van der Waals surface area contributed by atoms with E-state index in [0.717, 1.165) is 29.3 Å². The molecule has 0 amide bonds. The number of hydrogen-bond acceptors (Lipinski definition) is 3. The predicted molar refractivity (Wildman–Crippen MR) is 73.1 cm³/mol. The fourth-order valence-electron chi connectivity index (χ4n) is 3.19. The molecule has 1 saturated heterocycles. The Morgan fingerprint density at radius 3 is 2.94 bits per heavy atom. The van der Waals surface area contributed by atoms with Crippen molar-refractivity contribution >= 4 is 21.7 Å². The maximum Gasteiger partial charge on any atom is 0.128 e. The summed E-state index contributed by atoms with van der Waals surface area (Å²) in [6, 6.07) is 2.57. The molecule has 2 fully saturated rings. The molecule has 17 heavy (non-hydrogen) atoms. The van der Waals surface area contributed by atoms with Crippen LogP contribution in [0, 0.1) is 18.8 Å². The van der Waals surface area contributed by atoms with Crippen LogP contribution < -0.4 is 10.6 Å². The van der Waals surface area contributed by atoms with Gasteiger partial charge in [-0.2, -0.15) is 0 Å². The van der Waals surface area contributed by atoms with Gasteiger partial charge in [-0.15, -0.1) is 0 Å². The first-order chi connectivity index (χ1) is 8.15. The second-order valence-electron chi connectivity index (χ2n) is 5.36. The summed E-state index contributed by atoms with van der Waals surface area (Å²) in [5.74, 6) is 2.57. The Labute approximate surface area is 111 Å². The lowest BCUT2D eigenvalue weighted by atomic mass is 9.98. The first-order valence-corrected chi connectivity index (χ1v) is 7.07. The summed E-state index contributed by atoms with van der Waals surface area (Å²) in [6.07, 6.45) is 4.40. The second kappa shape index (κ2) is 4.25. The van der Waals surface area contributed by atoms with Crippen molar-refractivity contribution in [3.8, 4) is 0 Å². The monoisotopic (exact) mass is 295 g/mol. The number of aromatic nitrogens is 1. The Morgan fingerprint density at radius 1 is 1.41 bits per heavy atom. The van der Waals surface area contributed by atoms with Gasteiger partial charge in [0.05, 0.1) is 0 Å². The zero-order valence-electron chi connectivity index (χ0n) is 10.1. The Bertz CT molecular complexity index is 435. The van der Waals surface area contributed by atoms with Gasteiger partial charge in [0.2, 0.25) is 0 Å². The quantitative estimate of drug-likeness (QED) is 0.865. The minimum Gasteiger partial charge on any atom is -0.356 e. The van der Waals surface area contributed by atoms with Crippen molar-refractivity contribution < 1.29 is 0 Å². The summed E-state index contributed by atoms with van der Waals surface area (Å²) < 4.78 is 1.08. The highest BCUT2D eigenvalue weighted by Crippen LogP contribution is 2.38. The summed E-state index contributed by atoms with van der Waals surface area (Å²) >= 11 is 3.50. The smallest absolute Gasteiger partial charge is 0.128 e. The van der Waals surface area contributed by atoms with Gasteiger partial charge in [0.15, 0.2) is 0 Å². The molecule has 2 heterocycles. The average molecular weight is 296 g/mol. The van der Waals surface area contributed by atoms with Crippen molar-refractivity contribution in [2.45, 2.75) is 25.8 Å². The van der Waals surface area contributed by atoms with Crippen molar-refractivity contribution in [3.05, 3.63) is 22.3 Å². The number of aryl methyl sites for hydroxylation is 1. The van der Waals surface area contributed by atoms with Gasteiger partial charge in [0, 0.05) is 29.8 Å². The Hall–Kier alpha value is -0.610. The third kappa shape index (κ3) is 1.97. The van der Waals surface area contributed by atoms with Crippen LogP contribution in [0.2, 0.25) is 0 Å². The fourth-order valence-corrected chi connectivity index (χ4v) is 3.41. The van der Waals surface area contributed by atoms with Crippen molar-refractivity contribution in [2.75, 3.05) is 18.0 Å². The molecular formula is C13H18BrN3. The van der Waals surface area contributed by atoms with E-state index in [0.29, 0.717) is 12.0 Å². The standard InChI is InChI=1S/C13H18BrN3/c1-8-4-13(16-5-11(8)14)17-6-9-2-3-12(15)10(9)7-17/h4-5,9-10,12H,2-3,6-7,15H2,1H3. The molecule has 1 saturated carbocycles. The van der Waals surface area contributed by atoms with E-state index in [1.165, 1.54) is 18.4 Å². The topological polar surface area (TPSA) is 42.1 Å². The molecule has 1 aliphatic carbocycles. The van der Waals surface area contributed by atoms with Gasteiger partial charge in [0.1, 0.15) is 5.82 Å². The highest BCUT2D eigenvalue weighted by molar-refractivity contribution is 9.10. The third-order valence-corrected chi connectivity index (χ3v) is 5.10. The zero-order valence-corrected chi connectivity index (χ0v) is 11.7. The average Bonchev–Trinajstić information content (AvgIpc) is 2.86. The summed E-state index contributed by atoms with van der Waals surface area (Å²) in [5.41, 5.74) is 7.41. The van der Waals surface area contributed by atoms with E-state index in [9.17, 15) is 0 Å². The number of rotatable bonds is 1. The van der Waals surface area contributed by atoms with Crippen molar-refractivity contribution in [1.82, 2.24) is 4.98 Å². The van der Waals surface area contributed by atoms with Gasteiger partial charge in [-0.3, -0.25) is 0 Å². The summed E-state index contributed by atoms with van der Waals surface area (Å²) in [5, 5.41) is 0. The molecule has 0 spiro atoms. The number of anilines is 1. The maximum absolute atomic E-state index is 6.16. The minimum absolute atomic E-state index is 0.404. The number of nitrogens with zero attached hydrogens (tertiary/aromatic N) is 2. The van der Waals surface area contributed by atoms with E-state index in [1.54, 1.807) is 0 Å². The molecule has 0 aromatic carbocycles. The molecule has 2 aliphatic rings. The van der Waals surface area contributed by atoms with Gasteiger partial charge in [0.25, 0.3) is 0 Å². The van der Waals surface area contributed by atoms with Crippen LogP contribution in [0.4, 0.5) is 5.82 Å². The van der Waals surface area contributed by atoms with Gasteiger partial charge in [-0.25, -0.2) is 4.98 Å². The van der Waals surface area contributed by atoms with E-state index in [2.05, 4.69) is 38.8 Å². The molecule has 1 aromatic rings. The lowest BCUT2D eigenvalue weighted by Crippen LogP contribution is -2.30. The van der Waals surface area contributed by atoms with Crippen molar-refractivity contribution in [2.24, 2.45) is 17.6 Å². The van der Waals surface area contributed by atoms with Crippen molar-refractivity contribution in [1.29, 1.82) is 0 Å². The van der Waals surface area contributed by atoms with Crippen LogP contribution >= 0.6 is 15.9 Å². The van der Waals surface area contributed by atoms with E-state index in [-0.39, 0.29) is 0 Å². The normalized spacial score (nSPS) is 31.9. The maximum atomic E-state index is 6.16. The number of halogens is 1. The molecular weight excluding hydrogens is 278 g/mol. The van der Waals surface area contributed by atoms with Crippen LogP contribution in [0.3, 0.4) is 0 Å². The first-order valence-electron chi connectivity index (χ1n) is 6.28. The molecule has 3 atom stereocenters. The molecule has 0 bridgehead atoms. The molecule has 2 N–H and O–H groups in total. The minimum atomic E-state index is 0.404. The van der Waals surface area contributed by atoms with Gasteiger partial charge < -0.3 is 10.6 Å². The zero-order chi connectivity index (χ0) is 12.0. The number of pyridine rings is 1. The Balaban J connectivity index is 1.80. The predicted octanol–water partition coefficient (Wildman–Crippen LogP) is 2.33. The molecule has 0 radical (unpaired) electrons. The summed E-state index contributed by atoms with van der Waals surface area (Å²) in [4.78, 5) is 6.91. The fraction of sp³-hybridized carbons (Fsp3) is 0.615. The Morgan fingerprint density at radius 2 is 2.24 bits per heavy atom. The molecule has 3 nitrogen and oxygen atoms in total. The van der Waals surface area contributed by atoms with Crippen molar-refractivity contribution in [3.63, 3.8) is 0 Å². The van der Waals surface area contributed by atoms with E-state index in [1.807, 2.05) is 6.20 Å². The SMILES string of the molecule is Cc1cc(N2CC3CCC(N)C3C2)ncc1Br. The molecule has 3 unspecified atom stereocenters. The van der Waals surface area contributed by atoms with Crippen LogP contribution in [0.25, 0.3) is 0 Å². The lowest BCUT2D eigenvalue weighted by molar-refractivity contribution is 0.453. The van der Waals surface area contributed by atoms with Crippen LogP contribution in [0.1, 0.15) is 18.4 Å². The van der Waals surface area contributed by atoms with Gasteiger partial charge in [-0.05, 0) is 59.2 Å². The third-order valence-electron chi connectivity index (χ3n) is 4.27. The molecule has 4 heteroatoms. The second-order valence-corrected chi connectivity index (χ2v) is 6.22. The molecule has 3 rings (SSSR count). The molecule has 92 valence electrons. The number of fused-ring (bicyclic) bond motifs is 1. The van der Waals surface area contributed by atoms with E-state index in [4.69, 9.17) is 5.73 Å². The van der Waals surface area contributed by atoms with Gasteiger partial charge >= 0.3 is 0 Å². The van der Waals surface area contributed by atoms with Crippen LogP contribution in [-0.2, 0) is 0 Å². The highest BCUT2D eigenvalue weighted by atomic mass is 79.9. The molecule has 1 aliphatic heterocycles. The number of nitrogens with two attached hydrogens (primary N) is 1. The van der Waals surface area contributed by atoms with Gasteiger partial charge in [-0.1, -0.05) is 0 Å². The first kappa shape index (κ1) is 11.5. The van der Waals surface area contributed by atoms with E-state index < -0.39 is 0 Å². The summed E-state index contributed by atoms with van der Waals surface area (Å²) in [7, 11) is 0. The largest absolute Gasteiger partial charge is 0.356 e. The Kier molecular flexibility index (Phi) is 2.87. The van der Waals surface area contributed by atoms with Crippen LogP contribution in [0.5, 0.6) is 0 Å². The van der Waals surface area contributed by atoms with E-state index >= 15 is 0 Å². The number of hydrogen-bond donors (Lipinski definition) is 1. The van der Waals surface area contributed by atoms with Crippen LogP contribution in [0.15, 0.2) is 16.7 Å². The highest BCUT2D eigenvalue weighted by Gasteiger charge is 2.41. The summed E-state index contributed by atoms with van der Waals surface area (Å²) in [6.45, 7) is 4.32.